The van der Waals surface area contributed by atoms with E-state index in [1.807, 2.05) is 16.4 Å². The molecule has 10 nitrogen and oxygen atoms in total. The molecule has 0 aliphatic carbocycles. The summed E-state index contributed by atoms with van der Waals surface area (Å²) >= 11 is 0. The smallest absolute Gasteiger partial charge is 0.222 e. The van der Waals surface area contributed by atoms with Crippen LogP contribution in [0.15, 0.2) is 17.0 Å². The first-order valence-corrected chi connectivity index (χ1v) is 9.13. The summed E-state index contributed by atoms with van der Waals surface area (Å²) in [4.78, 5) is 22.5. The van der Waals surface area contributed by atoms with Crippen molar-refractivity contribution < 1.29 is 9.42 Å². The van der Waals surface area contributed by atoms with Crippen LogP contribution in [0.4, 0.5) is 11.5 Å². The van der Waals surface area contributed by atoms with Crippen LogP contribution >= 0.6 is 0 Å². The Bertz CT molecular complexity index is 963. The minimum absolute atomic E-state index is 0.206. The van der Waals surface area contributed by atoms with Crippen LogP contribution in [0.5, 0.6) is 0 Å². The molecule has 0 unspecified atom stereocenters. The highest BCUT2D eigenvalue weighted by atomic mass is 16.6. The summed E-state index contributed by atoms with van der Waals surface area (Å²) < 4.78 is 6.73. The van der Waals surface area contributed by atoms with Crippen LogP contribution in [0.3, 0.4) is 0 Å². The maximum Gasteiger partial charge on any atom is 0.222 e. The topological polar surface area (TPSA) is 128 Å². The van der Waals surface area contributed by atoms with Gasteiger partial charge < -0.3 is 20.5 Å². The number of aromatic nitrogens is 5. The van der Waals surface area contributed by atoms with Gasteiger partial charge in [0.2, 0.25) is 5.91 Å². The molecule has 0 radical (unpaired) electrons. The molecule has 10 heteroatoms. The number of imidazole rings is 1. The van der Waals surface area contributed by atoms with Crippen LogP contribution in [0, 0.1) is 0 Å². The van der Waals surface area contributed by atoms with Gasteiger partial charge >= 0.3 is 0 Å². The summed E-state index contributed by atoms with van der Waals surface area (Å²) in [7, 11) is 0. The summed E-state index contributed by atoms with van der Waals surface area (Å²) in [5, 5.41) is 10.9. The molecule has 1 saturated heterocycles. The molecular weight excluding hydrogens is 348 g/mol. The number of rotatable bonds is 7. The van der Waals surface area contributed by atoms with Crippen molar-refractivity contribution in [1.29, 1.82) is 0 Å². The van der Waals surface area contributed by atoms with Gasteiger partial charge in [0.25, 0.3) is 0 Å². The Labute approximate surface area is 155 Å². The first kappa shape index (κ1) is 17.3. The number of carbonyl (C=O) groups excluding carboxylic acids is 1. The molecule has 4 rings (SSSR count). The Morgan fingerprint density at radius 2 is 2.22 bits per heavy atom. The van der Waals surface area contributed by atoms with Crippen LogP contribution in [-0.4, -0.2) is 55.3 Å². The van der Waals surface area contributed by atoms with E-state index < -0.39 is 0 Å². The van der Waals surface area contributed by atoms with Gasteiger partial charge in [-0.05, 0) is 30.1 Å². The second-order valence-electron chi connectivity index (χ2n) is 6.50. The number of nitrogens with one attached hydrogen (secondary N) is 1. The Morgan fingerprint density at radius 1 is 1.33 bits per heavy atom. The highest BCUT2D eigenvalue weighted by molar-refractivity contribution is 5.90. The van der Waals surface area contributed by atoms with E-state index in [0.29, 0.717) is 24.5 Å². The Hall–Kier alpha value is -3.17. The minimum atomic E-state index is 0.206. The Balaban J connectivity index is 1.55. The predicted molar refractivity (Wildman–Crippen MR) is 99.8 cm³/mol. The van der Waals surface area contributed by atoms with E-state index >= 15 is 0 Å². The quantitative estimate of drug-likeness (QED) is 0.599. The van der Waals surface area contributed by atoms with Gasteiger partial charge in [-0.2, -0.15) is 0 Å². The molecule has 4 heterocycles. The molecule has 0 saturated carbocycles. The van der Waals surface area contributed by atoms with Crippen LogP contribution in [0.2, 0.25) is 0 Å². The Kier molecular flexibility index (Phi) is 4.61. The largest absolute Gasteiger partial charge is 0.382 e. The summed E-state index contributed by atoms with van der Waals surface area (Å²) in [5.74, 6) is 1.06. The van der Waals surface area contributed by atoms with Gasteiger partial charge in [0.15, 0.2) is 17.3 Å². The molecule has 0 atom stereocenters. The van der Waals surface area contributed by atoms with E-state index in [4.69, 9.17) is 10.4 Å². The fourth-order valence-electron chi connectivity index (χ4n) is 3.49. The fraction of sp³-hybridized carbons (Fsp3) is 0.471. The van der Waals surface area contributed by atoms with Crippen LogP contribution in [0.1, 0.15) is 26.2 Å². The highest BCUT2D eigenvalue weighted by Gasteiger charge is 2.21. The molecule has 1 aliphatic heterocycles. The molecule has 3 N–H and O–H groups in total. The fourth-order valence-corrected chi connectivity index (χ4v) is 3.49. The van der Waals surface area contributed by atoms with E-state index in [-0.39, 0.29) is 11.7 Å². The number of likely N-dealkylation sites (tertiary alicyclic amines) is 1. The third kappa shape index (κ3) is 3.18. The molecule has 1 amide bonds. The molecule has 3 aromatic rings. The van der Waals surface area contributed by atoms with E-state index in [0.717, 1.165) is 49.2 Å². The number of hydrogen-bond acceptors (Lipinski definition) is 8. The van der Waals surface area contributed by atoms with Crippen molar-refractivity contribution in [3.05, 3.63) is 12.4 Å². The number of pyridine rings is 1. The summed E-state index contributed by atoms with van der Waals surface area (Å²) in [6.45, 7) is 5.09. The van der Waals surface area contributed by atoms with Crippen molar-refractivity contribution in [3.8, 4) is 11.5 Å². The molecule has 142 valence electrons. The van der Waals surface area contributed by atoms with Gasteiger partial charge in [0.05, 0.1) is 23.6 Å². The normalized spacial score (nSPS) is 14.4. The maximum atomic E-state index is 11.7. The van der Waals surface area contributed by atoms with E-state index in [1.165, 1.54) is 0 Å². The summed E-state index contributed by atoms with van der Waals surface area (Å²) in [6, 6.07) is 0. The SMILES string of the molecule is CCn1c(-c2nonc2N)nc2cncc(NCCCN3CCCC3=O)c21. The zero-order chi connectivity index (χ0) is 18.8. The Morgan fingerprint density at radius 3 is 2.93 bits per heavy atom. The molecule has 3 aromatic heterocycles. The van der Waals surface area contributed by atoms with E-state index in [9.17, 15) is 4.79 Å². The third-order valence-electron chi connectivity index (χ3n) is 4.78. The number of aryl methyl sites for hydroxylation is 1. The summed E-state index contributed by atoms with van der Waals surface area (Å²) in [5.41, 5.74) is 8.83. The van der Waals surface area contributed by atoms with E-state index in [1.54, 1.807) is 12.4 Å². The van der Waals surface area contributed by atoms with Crippen molar-refractivity contribution in [2.45, 2.75) is 32.7 Å². The van der Waals surface area contributed by atoms with Crippen molar-refractivity contribution in [2.24, 2.45) is 0 Å². The van der Waals surface area contributed by atoms with Gasteiger partial charge in [-0.1, -0.05) is 0 Å². The van der Waals surface area contributed by atoms with Crippen LogP contribution in [-0.2, 0) is 11.3 Å². The number of fused-ring (bicyclic) bond motifs is 1. The average Bonchev–Trinajstić information content (AvgIpc) is 3.37. The lowest BCUT2D eigenvalue weighted by molar-refractivity contribution is -0.127. The number of carbonyl (C=O) groups is 1. The third-order valence-corrected chi connectivity index (χ3v) is 4.78. The zero-order valence-corrected chi connectivity index (χ0v) is 15.2. The molecule has 0 spiro atoms. The monoisotopic (exact) mass is 370 g/mol. The second kappa shape index (κ2) is 7.22. The lowest BCUT2D eigenvalue weighted by Crippen LogP contribution is -2.27. The zero-order valence-electron chi connectivity index (χ0n) is 15.2. The van der Waals surface area contributed by atoms with Crippen LogP contribution in [0.25, 0.3) is 22.6 Å². The molecule has 1 aliphatic rings. The second-order valence-corrected chi connectivity index (χ2v) is 6.50. The van der Waals surface area contributed by atoms with Gasteiger partial charge in [-0.15, -0.1) is 0 Å². The van der Waals surface area contributed by atoms with Gasteiger partial charge in [0.1, 0.15) is 5.52 Å². The average molecular weight is 370 g/mol. The number of nitrogens with two attached hydrogens (primary N) is 1. The first-order valence-electron chi connectivity index (χ1n) is 9.13. The number of amides is 1. The molecule has 0 aromatic carbocycles. The number of nitrogens with zero attached hydrogens (tertiary/aromatic N) is 6. The maximum absolute atomic E-state index is 11.7. The first-order chi connectivity index (χ1) is 13.2. The lowest BCUT2D eigenvalue weighted by Gasteiger charge is -2.16. The number of anilines is 2. The van der Waals surface area contributed by atoms with Gasteiger partial charge in [0, 0.05) is 32.6 Å². The summed E-state index contributed by atoms with van der Waals surface area (Å²) in [6.07, 6.45) is 6.01. The minimum Gasteiger partial charge on any atom is -0.382 e. The van der Waals surface area contributed by atoms with Gasteiger partial charge in [-0.25, -0.2) is 9.61 Å². The molecule has 27 heavy (non-hydrogen) atoms. The highest BCUT2D eigenvalue weighted by Crippen LogP contribution is 2.30. The predicted octanol–water partition coefficient (Wildman–Crippen LogP) is 1.51. The van der Waals surface area contributed by atoms with Gasteiger partial charge in [-0.3, -0.25) is 9.78 Å². The standard InChI is InChI=1S/C17H22N8O2/c1-2-25-15-11(20-6-4-8-24-7-3-5-13(24)26)9-19-10-12(15)21-17(25)14-16(18)23-27-22-14/h9-10,20H,2-8H2,1H3,(H2,18,23). The van der Waals surface area contributed by atoms with Crippen molar-refractivity contribution in [2.75, 3.05) is 30.7 Å². The number of nitrogen functional groups attached to an aromatic ring is 1. The van der Waals surface area contributed by atoms with Crippen molar-refractivity contribution >= 4 is 28.4 Å². The van der Waals surface area contributed by atoms with E-state index in [2.05, 4.69) is 25.6 Å². The molecule has 1 fully saturated rings. The van der Waals surface area contributed by atoms with Crippen molar-refractivity contribution in [1.82, 2.24) is 29.7 Å². The molecular formula is C17H22N8O2. The van der Waals surface area contributed by atoms with Crippen LogP contribution < -0.4 is 11.1 Å². The lowest BCUT2D eigenvalue weighted by atomic mass is 10.3. The molecule has 0 bridgehead atoms. The van der Waals surface area contributed by atoms with Crippen molar-refractivity contribution in [3.63, 3.8) is 0 Å². The number of hydrogen-bond donors (Lipinski definition) is 2.